The van der Waals surface area contributed by atoms with Gasteiger partial charge in [0.2, 0.25) is 5.91 Å². The summed E-state index contributed by atoms with van der Waals surface area (Å²) in [6.07, 6.45) is 1.60. The molecule has 0 saturated carbocycles. The molecule has 1 aliphatic rings. The number of amides is 3. The lowest BCUT2D eigenvalue weighted by Gasteiger charge is -2.26. The molecule has 20 heavy (non-hydrogen) atoms. The molecule has 0 bridgehead atoms. The number of nitrogens with zero attached hydrogens (tertiary/aromatic N) is 2. The van der Waals surface area contributed by atoms with Crippen molar-refractivity contribution in [1.29, 1.82) is 0 Å². The van der Waals surface area contributed by atoms with E-state index in [9.17, 15) is 9.59 Å². The highest BCUT2D eigenvalue weighted by Crippen LogP contribution is 2.21. The Hall–Kier alpha value is -2.04. The average Bonchev–Trinajstić information content (AvgIpc) is 2.89. The fraction of sp³-hybridized carbons (Fsp3) is 0.467. The third kappa shape index (κ3) is 2.92. The fourth-order valence-electron chi connectivity index (χ4n) is 2.46. The fourth-order valence-corrected chi connectivity index (χ4v) is 2.46. The number of urea groups is 1. The van der Waals surface area contributed by atoms with Crippen LogP contribution >= 0.6 is 0 Å². The first-order chi connectivity index (χ1) is 9.50. The number of rotatable bonds is 2. The molecule has 5 nitrogen and oxygen atoms in total. The number of hydrogen-bond acceptors (Lipinski definition) is 2. The van der Waals surface area contributed by atoms with Crippen molar-refractivity contribution in [2.75, 3.05) is 26.0 Å². The standard InChI is InChI=1S/C15H21N3O2/c1-11-7-4-5-8-12(11)16-15(20)18-10-6-9-13(18)14(19)17(2)3/h4-5,7-8,13H,6,9-10H2,1-3H3,(H,16,20)/t13-/m1/s1. The van der Waals surface area contributed by atoms with Crippen LogP contribution in [0.3, 0.4) is 0 Å². The van der Waals surface area contributed by atoms with Crippen molar-refractivity contribution in [3.8, 4) is 0 Å². The minimum atomic E-state index is -0.339. The molecule has 1 atom stereocenters. The van der Waals surface area contributed by atoms with Crippen molar-refractivity contribution in [2.24, 2.45) is 0 Å². The monoisotopic (exact) mass is 275 g/mol. The van der Waals surface area contributed by atoms with Gasteiger partial charge in [-0.05, 0) is 31.4 Å². The number of carbonyl (C=O) groups excluding carboxylic acids is 2. The average molecular weight is 275 g/mol. The second-order valence-corrected chi connectivity index (χ2v) is 5.33. The zero-order chi connectivity index (χ0) is 14.7. The summed E-state index contributed by atoms with van der Waals surface area (Å²) >= 11 is 0. The zero-order valence-corrected chi connectivity index (χ0v) is 12.2. The SMILES string of the molecule is Cc1ccccc1NC(=O)N1CCC[C@@H]1C(=O)N(C)C. The Kier molecular flexibility index (Phi) is 4.27. The van der Waals surface area contributed by atoms with Gasteiger partial charge < -0.3 is 15.1 Å². The van der Waals surface area contributed by atoms with E-state index in [0.29, 0.717) is 6.54 Å². The number of anilines is 1. The minimum Gasteiger partial charge on any atom is -0.347 e. The summed E-state index contributed by atoms with van der Waals surface area (Å²) in [4.78, 5) is 27.6. The highest BCUT2D eigenvalue weighted by Gasteiger charge is 2.34. The Morgan fingerprint density at radius 3 is 2.65 bits per heavy atom. The summed E-state index contributed by atoms with van der Waals surface area (Å²) in [7, 11) is 3.44. The molecule has 0 radical (unpaired) electrons. The second-order valence-electron chi connectivity index (χ2n) is 5.33. The maximum absolute atomic E-state index is 12.3. The molecular weight excluding hydrogens is 254 g/mol. The molecule has 1 aromatic carbocycles. The Bertz CT molecular complexity index is 514. The zero-order valence-electron chi connectivity index (χ0n) is 12.2. The van der Waals surface area contributed by atoms with E-state index < -0.39 is 0 Å². The molecule has 1 N–H and O–H groups in total. The summed E-state index contributed by atoms with van der Waals surface area (Å²) < 4.78 is 0. The highest BCUT2D eigenvalue weighted by molar-refractivity contribution is 5.94. The largest absolute Gasteiger partial charge is 0.347 e. The van der Waals surface area contributed by atoms with Gasteiger partial charge in [0.1, 0.15) is 6.04 Å². The first-order valence-electron chi connectivity index (χ1n) is 6.85. The molecule has 5 heteroatoms. The van der Waals surface area contributed by atoms with E-state index in [1.165, 1.54) is 0 Å². The topological polar surface area (TPSA) is 52.7 Å². The molecule has 1 heterocycles. The molecular formula is C15H21N3O2. The number of para-hydroxylation sites is 1. The Balaban J connectivity index is 2.09. The van der Waals surface area contributed by atoms with E-state index in [2.05, 4.69) is 5.32 Å². The number of benzene rings is 1. The molecule has 3 amide bonds. The van der Waals surface area contributed by atoms with Crippen LogP contribution in [0.15, 0.2) is 24.3 Å². The smallest absolute Gasteiger partial charge is 0.322 e. The quantitative estimate of drug-likeness (QED) is 0.898. The van der Waals surface area contributed by atoms with Gasteiger partial charge in [0.15, 0.2) is 0 Å². The van der Waals surface area contributed by atoms with Crippen LogP contribution in [0.4, 0.5) is 10.5 Å². The van der Waals surface area contributed by atoms with Gasteiger partial charge in [-0.3, -0.25) is 4.79 Å². The molecule has 1 saturated heterocycles. The van der Waals surface area contributed by atoms with Gasteiger partial charge in [-0.1, -0.05) is 18.2 Å². The summed E-state index contributed by atoms with van der Waals surface area (Å²) in [5.41, 5.74) is 1.80. The van der Waals surface area contributed by atoms with E-state index in [1.807, 2.05) is 31.2 Å². The van der Waals surface area contributed by atoms with E-state index in [4.69, 9.17) is 0 Å². The maximum Gasteiger partial charge on any atom is 0.322 e. The van der Waals surface area contributed by atoms with Gasteiger partial charge in [-0.15, -0.1) is 0 Å². The van der Waals surface area contributed by atoms with Gasteiger partial charge in [-0.25, -0.2) is 4.79 Å². The molecule has 1 aliphatic heterocycles. The van der Waals surface area contributed by atoms with Gasteiger partial charge in [-0.2, -0.15) is 0 Å². The molecule has 108 valence electrons. The summed E-state index contributed by atoms with van der Waals surface area (Å²) in [6, 6.07) is 7.09. The van der Waals surface area contributed by atoms with Crippen LogP contribution in [0.25, 0.3) is 0 Å². The van der Waals surface area contributed by atoms with Crippen LogP contribution in [0, 0.1) is 6.92 Å². The second kappa shape index (κ2) is 5.94. The lowest BCUT2D eigenvalue weighted by atomic mass is 10.2. The van der Waals surface area contributed by atoms with Gasteiger partial charge in [0, 0.05) is 26.3 Å². The Morgan fingerprint density at radius 1 is 1.30 bits per heavy atom. The van der Waals surface area contributed by atoms with Crippen LogP contribution < -0.4 is 5.32 Å². The van der Waals surface area contributed by atoms with Gasteiger partial charge >= 0.3 is 6.03 Å². The molecule has 0 unspecified atom stereocenters. The van der Waals surface area contributed by atoms with E-state index in [0.717, 1.165) is 24.1 Å². The Labute approximate surface area is 119 Å². The lowest BCUT2D eigenvalue weighted by Crippen LogP contribution is -2.47. The lowest BCUT2D eigenvalue weighted by molar-refractivity contribution is -0.132. The normalized spacial score (nSPS) is 17.9. The number of likely N-dealkylation sites (N-methyl/N-ethyl adjacent to an activating group) is 1. The van der Waals surface area contributed by atoms with Crippen LogP contribution in [-0.4, -0.2) is 48.4 Å². The number of likely N-dealkylation sites (tertiary alicyclic amines) is 1. The van der Waals surface area contributed by atoms with Crippen molar-refractivity contribution < 1.29 is 9.59 Å². The van der Waals surface area contributed by atoms with E-state index in [1.54, 1.807) is 23.9 Å². The van der Waals surface area contributed by atoms with Crippen LogP contribution in [0.2, 0.25) is 0 Å². The van der Waals surface area contributed by atoms with Crippen LogP contribution in [-0.2, 0) is 4.79 Å². The van der Waals surface area contributed by atoms with Crippen molar-refractivity contribution in [1.82, 2.24) is 9.80 Å². The van der Waals surface area contributed by atoms with E-state index >= 15 is 0 Å². The first kappa shape index (κ1) is 14.4. The summed E-state index contributed by atoms with van der Waals surface area (Å²) in [6.45, 7) is 2.57. The van der Waals surface area contributed by atoms with Crippen molar-refractivity contribution in [2.45, 2.75) is 25.8 Å². The third-order valence-electron chi connectivity index (χ3n) is 3.63. The van der Waals surface area contributed by atoms with Crippen molar-refractivity contribution in [3.63, 3.8) is 0 Å². The molecule has 0 aliphatic carbocycles. The molecule has 1 aromatic rings. The van der Waals surface area contributed by atoms with Crippen LogP contribution in [0.5, 0.6) is 0 Å². The third-order valence-corrected chi connectivity index (χ3v) is 3.63. The maximum atomic E-state index is 12.3. The van der Waals surface area contributed by atoms with Gasteiger partial charge in [0.25, 0.3) is 0 Å². The predicted octanol–water partition coefficient (Wildman–Crippen LogP) is 2.08. The number of nitrogens with one attached hydrogen (secondary N) is 1. The predicted molar refractivity (Wildman–Crippen MR) is 78.6 cm³/mol. The van der Waals surface area contributed by atoms with Gasteiger partial charge in [0.05, 0.1) is 0 Å². The molecule has 2 rings (SSSR count). The number of aryl methyl sites for hydroxylation is 1. The van der Waals surface area contributed by atoms with Crippen LogP contribution in [0.1, 0.15) is 18.4 Å². The molecule has 1 fully saturated rings. The first-order valence-corrected chi connectivity index (χ1v) is 6.85. The van der Waals surface area contributed by atoms with Crippen molar-refractivity contribution in [3.05, 3.63) is 29.8 Å². The minimum absolute atomic E-state index is 0.0116. The molecule has 0 aromatic heterocycles. The van der Waals surface area contributed by atoms with Crippen molar-refractivity contribution >= 4 is 17.6 Å². The Morgan fingerprint density at radius 2 is 2.00 bits per heavy atom. The molecule has 0 spiro atoms. The number of hydrogen-bond donors (Lipinski definition) is 1. The number of carbonyl (C=O) groups is 2. The summed E-state index contributed by atoms with van der Waals surface area (Å²) in [5.74, 6) is -0.0116. The highest BCUT2D eigenvalue weighted by atomic mass is 16.2. The summed E-state index contributed by atoms with van der Waals surface area (Å²) in [5, 5.41) is 2.89. The van der Waals surface area contributed by atoms with E-state index in [-0.39, 0.29) is 18.0 Å².